The van der Waals surface area contributed by atoms with Crippen molar-refractivity contribution in [2.45, 2.75) is 63.9 Å². The molecule has 1 amide bonds. The number of benzene rings is 2. The summed E-state index contributed by atoms with van der Waals surface area (Å²) in [6.45, 7) is 1.80. The summed E-state index contributed by atoms with van der Waals surface area (Å²) in [5, 5.41) is 4.71. The van der Waals surface area contributed by atoms with Gasteiger partial charge in [-0.15, -0.1) is 0 Å². The average molecular weight is 461 g/mol. The zero-order valence-electron chi connectivity index (χ0n) is 20.0. The smallest absolute Gasteiger partial charge is 0.260 e. The Bertz CT molecular complexity index is 959. The Kier molecular flexibility index (Phi) is 7.47. The first-order valence-electron chi connectivity index (χ1n) is 13.0. The van der Waals surface area contributed by atoms with Gasteiger partial charge in [-0.2, -0.15) is 0 Å². The highest BCUT2D eigenvalue weighted by atomic mass is 16.6. The van der Waals surface area contributed by atoms with Crippen LogP contribution in [0.5, 0.6) is 5.75 Å². The lowest BCUT2D eigenvalue weighted by Gasteiger charge is -2.40. The predicted octanol–water partition coefficient (Wildman–Crippen LogP) is 5.62. The number of amides is 1. The fourth-order valence-electron chi connectivity index (χ4n) is 5.68. The van der Waals surface area contributed by atoms with Gasteiger partial charge in [0, 0.05) is 19.5 Å². The quantitative estimate of drug-likeness (QED) is 0.379. The van der Waals surface area contributed by atoms with Crippen molar-refractivity contribution in [2.75, 3.05) is 19.7 Å². The molecule has 6 rings (SSSR count). The first kappa shape index (κ1) is 22.9. The molecule has 0 radical (unpaired) electrons. The van der Waals surface area contributed by atoms with Crippen LogP contribution >= 0.6 is 0 Å². The van der Waals surface area contributed by atoms with E-state index in [2.05, 4.69) is 24.3 Å². The average Bonchev–Trinajstić information content (AvgIpc) is 2.92. The largest absolute Gasteiger partial charge is 0.484 e. The molecule has 5 heteroatoms. The first-order chi connectivity index (χ1) is 16.7. The molecule has 0 spiro atoms. The summed E-state index contributed by atoms with van der Waals surface area (Å²) in [5.74, 6) is 2.25. The molecule has 4 aliphatic rings. The standard InChI is InChI=1S/C29H36N2O3/c32-29(31-17-5-2-6-18-31)21-33-26-15-13-24(14-16-26)27(19-22-7-3-1-4-8-22)30-34-28-20-23-9-11-25(28)12-10-23/h1,3-4,7-8,13-16,23,25,28H,2,5-6,9-12,17-21H2/b30-27-. The summed E-state index contributed by atoms with van der Waals surface area (Å²) in [5.41, 5.74) is 3.17. The van der Waals surface area contributed by atoms with E-state index in [-0.39, 0.29) is 18.6 Å². The number of carbonyl (C=O) groups is 1. The van der Waals surface area contributed by atoms with Gasteiger partial charge in [-0.05, 0) is 98.6 Å². The van der Waals surface area contributed by atoms with E-state index in [9.17, 15) is 4.79 Å². The monoisotopic (exact) mass is 460 g/mol. The highest BCUT2D eigenvalue weighted by Gasteiger charge is 2.37. The minimum absolute atomic E-state index is 0.0743. The number of nitrogens with zero attached hydrogens (tertiary/aromatic N) is 2. The van der Waals surface area contributed by atoms with Crippen LogP contribution in [0.3, 0.4) is 0 Å². The maximum Gasteiger partial charge on any atom is 0.260 e. The fourth-order valence-corrected chi connectivity index (χ4v) is 5.68. The molecule has 0 aromatic heterocycles. The zero-order chi connectivity index (χ0) is 23.2. The summed E-state index contributed by atoms with van der Waals surface area (Å²) < 4.78 is 5.80. The van der Waals surface area contributed by atoms with E-state index in [1.165, 1.54) is 37.7 Å². The summed E-state index contributed by atoms with van der Waals surface area (Å²) in [7, 11) is 0. The van der Waals surface area contributed by atoms with Gasteiger partial charge < -0.3 is 14.5 Å². The van der Waals surface area contributed by atoms with E-state index in [4.69, 9.17) is 14.7 Å². The van der Waals surface area contributed by atoms with Crippen molar-refractivity contribution >= 4 is 11.6 Å². The summed E-state index contributed by atoms with van der Waals surface area (Å²) in [6, 6.07) is 18.3. The van der Waals surface area contributed by atoms with Gasteiger partial charge in [0.1, 0.15) is 11.9 Å². The molecule has 5 nitrogen and oxygen atoms in total. The lowest BCUT2D eigenvalue weighted by Crippen LogP contribution is -2.38. The third-order valence-electron chi connectivity index (χ3n) is 7.75. The van der Waals surface area contributed by atoms with Crippen LogP contribution in [0.4, 0.5) is 0 Å². The molecular weight excluding hydrogens is 424 g/mol. The van der Waals surface area contributed by atoms with E-state index >= 15 is 0 Å². The van der Waals surface area contributed by atoms with Gasteiger partial charge in [0.25, 0.3) is 5.91 Å². The van der Waals surface area contributed by atoms with Gasteiger partial charge in [-0.25, -0.2) is 0 Å². The lowest BCUT2D eigenvalue weighted by molar-refractivity contribution is -0.134. The van der Waals surface area contributed by atoms with Gasteiger partial charge in [0.05, 0.1) is 5.71 Å². The van der Waals surface area contributed by atoms with Crippen LogP contribution < -0.4 is 4.74 Å². The second-order valence-corrected chi connectivity index (χ2v) is 10.1. The Labute approximate surface area is 203 Å². The molecule has 1 aliphatic heterocycles. The Balaban J connectivity index is 1.25. The Morgan fingerprint density at radius 1 is 0.912 bits per heavy atom. The van der Waals surface area contributed by atoms with Crippen molar-refractivity contribution < 1.29 is 14.4 Å². The zero-order valence-corrected chi connectivity index (χ0v) is 20.0. The van der Waals surface area contributed by atoms with Crippen LogP contribution in [0.25, 0.3) is 0 Å². The van der Waals surface area contributed by atoms with Crippen LogP contribution in [0, 0.1) is 11.8 Å². The number of likely N-dealkylation sites (tertiary alicyclic amines) is 1. The Morgan fingerprint density at radius 2 is 1.65 bits per heavy atom. The van der Waals surface area contributed by atoms with Gasteiger partial charge in [-0.1, -0.05) is 35.5 Å². The fraction of sp³-hybridized carbons (Fsp3) is 0.517. The maximum atomic E-state index is 12.4. The van der Waals surface area contributed by atoms with Crippen LogP contribution in [0.2, 0.25) is 0 Å². The topological polar surface area (TPSA) is 51.1 Å². The van der Waals surface area contributed by atoms with Crippen molar-refractivity contribution in [3.8, 4) is 5.75 Å². The van der Waals surface area contributed by atoms with Gasteiger partial charge >= 0.3 is 0 Å². The highest BCUT2D eigenvalue weighted by molar-refractivity contribution is 6.01. The molecule has 3 aliphatic carbocycles. The van der Waals surface area contributed by atoms with Crippen molar-refractivity contribution in [1.82, 2.24) is 4.90 Å². The van der Waals surface area contributed by atoms with E-state index in [1.807, 2.05) is 35.2 Å². The van der Waals surface area contributed by atoms with Crippen LogP contribution in [-0.2, 0) is 16.1 Å². The molecule has 1 heterocycles. The van der Waals surface area contributed by atoms with Gasteiger partial charge in [0.15, 0.2) is 6.61 Å². The van der Waals surface area contributed by atoms with E-state index < -0.39 is 0 Å². The summed E-state index contributed by atoms with van der Waals surface area (Å²) >= 11 is 0. The molecule has 34 heavy (non-hydrogen) atoms. The van der Waals surface area contributed by atoms with Crippen LogP contribution in [0.15, 0.2) is 59.8 Å². The number of hydrogen-bond donors (Lipinski definition) is 0. The maximum absolute atomic E-state index is 12.4. The molecule has 2 aromatic rings. The van der Waals surface area contributed by atoms with Crippen LogP contribution in [-0.4, -0.2) is 42.3 Å². The Hall–Kier alpha value is -2.82. The number of rotatable bonds is 8. The normalized spacial score (nSPS) is 24.6. The van der Waals surface area contributed by atoms with Gasteiger partial charge in [-0.3, -0.25) is 4.79 Å². The third kappa shape index (κ3) is 5.81. The SMILES string of the molecule is O=C(COc1ccc(/C(Cc2ccccc2)=N\OC2CC3CCC2CC3)cc1)N1CCCCC1. The molecule has 1 atom stereocenters. The lowest BCUT2D eigenvalue weighted by atomic mass is 9.69. The van der Waals surface area contributed by atoms with Gasteiger partial charge in [0.2, 0.25) is 0 Å². The Morgan fingerprint density at radius 3 is 2.32 bits per heavy atom. The third-order valence-corrected chi connectivity index (χ3v) is 7.75. The number of carbonyl (C=O) groups excluding carboxylic acids is 1. The van der Waals surface area contributed by atoms with Crippen molar-refractivity contribution in [1.29, 1.82) is 0 Å². The highest BCUT2D eigenvalue weighted by Crippen LogP contribution is 2.42. The van der Waals surface area contributed by atoms with Crippen molar-refractivity contribution in [3.63, 3.8) is 0 Å². The van der Waals surface area contributed by atoms with E-state index in [0.717, 1.165) is 56.0 Å². The minimum Gasteiger partial charge on any atom is -0.484 e. The van der Waals surface area contributed by atoms with Crippen molar-refractivity contribution in [3.05, 3.63) is 65.7 Å². The van der Waals surface area contributed by atoms with E-state index in [1.54, 1.807) is 0 Å². The number of ether oxygens (including phenoxy) is 1. The second-order valence-electron chi connectivity index (χ2n) is 10.1. The number of piperidine rings is 1. The summed E-state index contributed by atoms with van der Waals surface area (Å²) in [4.78, 5) is 20.5. The molecule has 2 bridgehead atoms. The summed E-state index contributed by atoms with van der Waals surface area (Å²) in [6.07, 6.45) is 10.8. The molecule has 1 saturated heterocycles. The molecule has 3 saturated carbocycles. The van der Waals surface area contributed by atoms with Crippen molar-refractivity contribution in [2.24, 2.45) is 17.0 Å². The van der Waals surface area contributed by atoms with E-state index in [0.29, 0.717) is 11.7 Å². The first-order valence-corrected chi connectivity index (χ1v) is 13.0. The van der Waals surface area contributed by atoms with Crippen LogP contribution in [0.1, 0.15) is 62.5 Å². The minimum atomic E-state index is 0.0743. The molecule has 180 valence electrons. The predicted molar refractivity (Wildman–Crippen MR) is 134 cm³/mol. The number of fused-ring (bicyclic) bond motifs is 3. The number of hydrogen-bond acceptors (Lipinski definition) is 4. The molecule has 2 aromatic carbocycles. The number of oxime groups is 1. The molecule has 1 unspecified atom stereocenters. The molecular formula is C29H36N2O3. The second kappa shape index (κ2) is 11.1. The molecule has 4 fully saturated rings. The molecule has 0 N–H and O–H groups in total.